The highest BCUT2D eigenvalue weighted by molar-refractivity contribution is 8.76. The Labute approximate surface area is 463 Å². The molecule has 10 N–H and O–H groups in total. The summed E-state index contributed by atoms with van der Waals surface area (Å²) in [6, 6.07) is 5.71. The van der Waals surface area contributed by atoms with Crippen LogP contribution in [0, 0.1) is 74.4 Å². The van der Waals surface area contributed by atoms with E-state index in [0.29, 0.717) is 93.3 Å². The molecule has 1 aromatic rings. The molecule has 1 amide bonds. The number of ketones is 1. The Morgan fingerprint density at radius 2 is 1.70 bits per heavy atom. The fourth-order valence-electron chi connectivity index (χ4n) is 20.3. The Morgan fingerprint density at radius 1 is 0.922 bits per heavy atom. The maximum atomic E-state index is 16.3. The predicted molar refractivity (Wildman–Crippen MR) is 295 cm³/mol. The number of fused-ring (bicyclic) bond motifs is 1. The second-order valence-corrected chi connectivity index (χ2v) is 30.1. The van der Waals surface area contributed by atoms with Gasteiger partial charge in [0.25, 0.3) is 0 Å². The van der Waals surface area contributed by atoms with Crippen molar-refractivity contribution >= 4 is 39.0 Å². The number of carbonyl (C=O) groups excluding carboxylic acids is 2. The maximum absolute atomic E-state index is 16.3. The number of nitrogens with one attached hydrogen (secondary N) is 1. The van der Waals surface area contributed by atoms with E-state index in [1.54, 1.807) is 23.1 Å². The van der Waals surface area contributed by atoms with Crippen molar-refractivity contribution < 1.29 is 60.3 Å². The Morgan fingerprint density at radius 3 is 2.44 bits per heavy atom. The number of aliphatic hydroxyl groups is 8. The largest absolute Gasteiger partial charge is 0.508 e. The van der Waals surface area contributed by atoms with Gasteiger partial charge in [-0.2, -0.15) is 0 Å². The molecule has 16 heteroatoms. The molecule has 77 heavy (non-hydrogen) atoms. The monoisotopic (exact) mass is 1100 g/mol. The number of benzene rings is 1. The number of hydrogen-bond donors (Lipinski definition) is 10. The van der Waals surface area contributed by atoms with Gasteiger partial charge in [-0.1, -0.05) is 87.1 Å². The van der Waals surface area contributed by atoms with Gasteiger partial charge in [0, 0.05) is 60.0 Å². The highest BCUT2D eigenvalue weighted by atomic mass is 33.1. The van der Waals surface area contributed by atoms with Crippen LogP contribution >= 0.6 is 21.6 Å². The number of amides is 1. The molecule has 20 unspecified atom stereocenters. The summed E-state index contributed by atoms with van der Waals surface area (Å²) < 4.78 is 6.54. The van der Waals surface area contributed by atoms with Crippen molar-refractivity contribution in [1.29, 1.82) is 0 Å². The van der Waals surface area contributed by atoms with Crippen LogP contribution in [0.4, 0.5) is 5.69 Å². The highest BCUT2D eigenvalue weighted by Gasteiger charge is 2.79. The molecule has 8 aliphatic carbocycles. The van der Waals surface area contributed by atoms with Crippen LogP contribution in [0.2, 0.25) is 0 Å². The van der Waals surface area contributed by atoms with Gasteiger partial charge in [0.1, 0.15) is 28.5 Å². The van der Waals surface area contributed by atoms with E-state index in [4.69, 9.17) is 4.74 Å². The molecule has 2 saturated heterocycles. The van der Waals surface area contributed by atoms with Gasteiger partial charge in [-0.15, -0.1) is 0 Å². The zero-order chi connectivity index (χ0) is 54.5. The topological polar surface area (TPSA) is 244 Å². The third kappa shape index (κ3) is 7.63. The van der Waals surface area contributed by atoms with E-state index in [-0.39, 0.29) is 67.9 Å². The van der Waals surface area contributed by atoms with E-state index in [0.717, 1.165) is 35.6 Å². The second kappa shape index (κ2) is 19.5. The van der Waals surface area contributed by atoms with Gasteiger partial charge in [-0.05, 0) is 166 Å². The Balaban J connectivity index is 1.02. The van der Waals surface area contributed by atoms with Gasteiger partial charge in [-0.3, -0.25) is 9.59 Å². The number of aromatic hydroxyl groups is 1. The number of nitrogens with zero attached hydrogens (tertiary/aromatic N) is 1. The molecule has 8 fully saturated rings. The fourth-order valence-corrected chi connectivity index (χ4v) is 23.3. The minimum Gasteiger partial charge on any atom is -0.508 e. The lowest BCUT2D eigenvalue weighted by molar-refractivity contribution is -0.235. The van der Waals surface area contributed by atoms with Crippen LogP contribution in [0.3, 0.4) is 0 Å². The molecular weight excluding hydrogens is 1020 g/mol. The normalized spacial score (nSPS) is 49.0. The number of ether oxygens (including phenoxy) is 1. The molecule has 426 valence electrons. The first-order chi connectivity index (χ1) is 36.7. The summed E-state index contributed by atoms with van der Waals surface area (Å²) in [6.07, 6.45) is 13.0. The molecule has 0 radical (unpaired) electrons. The summed E-state index contributed by atoms with van der Waals surface area (Å²) in [5.74, 6) is -2.38. The van der Waals surface area contributed by atoms with Gasteiger partial charge in [0.05, 0.1) is 41.3 Å². The van der Waals surface area contributed by atoms with E-state index in [2.05, 4.69) is 32.2 Å². The lowest BCUT2D eigenvalue weighted by Crippen LogP contribution is -2.72. The predicted octanol–water partition coefficient (Wildman–Crippen LogP) is 6.35. The van der Waals surface area contributed by atoms with E-state index in [9.17, 15) is 46.0 Å². The maximum Gasteiger partial charge on any atom is 0.234 e. The van der Waals surface area contributed by atoms with E-state index < -0.39 is 104 Å². The molecular formula is C61H88N2O12S2. The number of allylic oxidation sites excluding steroid dienone is 2. The number of aliphatic hydroxyl groups excluding tert-OH is 5. The van der Waals surface area contributed by atoms with Gasteiger partial charge in [0.2, 0.25) is 5.91 Å². The molecule has 20 atom stereocenters. The van der Waals surface area contributed by atoms with E-state index >= 15 is 9.59 Å². The SMILES string of the molecule is CC(C)C(C)C1OC1C1(O)CC=CC2CC3C4=CC(=O)C5(CC(O)C(O)(CO)CC35C)C(O)SSCC3CCCC(CO)C35C(=O)N(CC53CCC(CNC5CCCCC5)C3O)c3cc(O)cc(c3)CCC23C1CCC43O. The smallest absolute Gasteiger partial charge is 0.234 e. The average molecular weight is 1110 g/mol. The molecule has 6 saturated carbocycles. The number of rotatable bonds is 8. The first-order valence-electron chi connectivity index (χ1n) is 29.8. The van der Waals surface area contributed by atoms with E-state index in [1.807, 2.05) is 19.1 Å². The van der Waals surface area contributed by atoms with Crippen LogP contribution < -0.4 is 10.2 Å². The summed E-state index contributed by atoms with van der Waals surface area (Å²) >= 11 is 0. The molecule has 5 heterocycles. The van der Waals surface area contributed by atoms with Crippen molar-refractivity contribution in [3.05, 3.63) is 47.6 Å². The van der Waals surface area contributed by atoms with Crippen molar-refractivity contribution in [1.82, 2.24) is 5.32 Å². The fraction of sp³-hybridized carbons (Fsp3) is 0.803. The highest BCUT2D eigenvalue weighted by Crippen LogP contribution is 2.77. The second-order valence-electron chi connectivity index (χ2n) is 27.6. The van der Waals surface area contributed by atoms with Crippen LogP contribution in [-0.2, 0) is 20.7 Å². The molecule has 8 bridgehead atoms. The molecule has 1 aromatic carbocycles. The average Bonchev–Trinajstić information content (AvgIpc) is 4.01. The first-order valence-corrected chi connectivity index (χ1v) is 32.2. The number of epoxide rings is 1. The standard InChI is InChI=1S/C61H88N2O12S2/c1-34(2)35(3)49-51(75-49)59(73)18-9-12-38-24-44-45-26-47(67)58(27-48(68)56(72,33-65)31-54(44,58)4)53(71)77-76-30-40-11-8-10-39(29-64)61(40)52(70)63(32-55(61)19-16-37(50(55)69)28-62-41-13-6-5-7-14-41)42-22-36(23-43(66)25-42)15-20-57(38)46(59)17-21-60(45,57)74/h9,12,22-23,25-26,34-35,37-41,44,46,48-51,53,62,64-66,68-69,71-74H,5-8,10-11,13-21,24,27-33H2,1-4H3. The lowest BCUT2D eigenvalue weighted by atomic mass is 9.38. The van der Waals surface area contributed by atoms with Crippen molar-refractivity contribution in [2.75, 3.05) is 37.0 Å². The van der Waals surface area contributed by atoms with Gasteiger partial charge < -0.3 is 60.9 Å². The minimum atomic E-state index is -2.02. The van der Waals surface area contributed by atoms with Crippen LogP contribution in [0.1, 0.15) is 142 Å². The number of phenolic OH excluding ortho intramolecular Hbond substituents is 1. The minimum absolute atomic E-state index is 0.0260. The van der Waals surface area contributed by atoms with Gasteiger partial charge >= 0.3 is 0 Å². The van der Waals surface area contributed by atoms with Crippen LogP contribution in [0.5, 0.6) is 5.75 Å². The first kappa shape index (κ1) is 55.5. The third-order valence-electron chi connectivity index (χ3n) is 24.5. The van der Waals surface area contributed by atoms with Crippen LogP contribution in [0.15, 0.2) is 42.0 Å². The summed E-state index contributed by atoms with van der Waals surface area (Å²) in [4.78, 5) is 34.0. The molecule has 14 rings (SSSR count). The van der Waals surface area contributed by atoms with Crippen molar-refractivity contribution in [3.8, 4) is 5.75 Å². The summed E-state index contributed by atoms with van der Waals surface area (Å²) in [5, 5.41) is 116. The van der Waals surface area contributed by atoms with Crippen LogP contribution in [0.25, 0.3) is 0 Å². The molecule has 13 aliphatic rings. The Hall–Kier alpha value is -2.06. The Kier molecular flexibility index (Phi) is 14.1. The lowest BCUT2D eigenvalue weighted by Gasteiger charge is -2.68. The summed E-state index contributed by atoms with van der Waals surface area (Å²) in [5.41, 5.74) is -11.1. The number of anilines is 1. The van der Waals surface area contributed by atoms with Gasteiger partial charge in [0.15, 0.2) is 5.78 Å². The zero-order valence-electron chi connectivity index (χ0n) is 45.8. The number of phenols is 1. The van der Waals surface area contributed by atoms with E-state index in [1.165, 1.54) is 30.1 Å². The van der Waals surface area contributed by atoms with Crippen molar-refractivity contribution in [2.24, 2.45) is 74.4 Å². The van der Waals surface area contributed by atoms with Crippen molar-refractivity contribution in [2.45, 2.75) is 196 Å². The number of carbonyl (C=O) groups is 2. The quantitative estimate of drug-likeness (QED) is 0.0775. The number of aryl methyl sites for hydroxylation is 1. The summed E-state index contributed by atoms with van der Waals surface area (Å²) in [6.45, 7) is 8.14. The molecule has 0 aromatic heterocycles. The van der Waals surface area contributed by atoms with Crippen LogP contribution in [-0.4, -0.2) is 142 Å². The molecule has 4 spiro atoms. The third-order valence-corrected chi connectivity index (χ3v) is 27.1. The molecule has 5 aliphatic heterocycles. The van der Waals surface area contributed by atoms with Crippen molar-refractivity contribution in [3.63, 3.8) is 0 Å². The molecule has 14 nitrogen and oxygen atoms in total. The zero-order valence-corrected chi connectivity index (χ0v) is 47.5. The summed E-state index contributed by atoms with van der Waals surface area (Å²) in [7, 11) is 2.50. The number of hydrogen-bond acceptors (Lipinski definition) is 15. The van der Waals surface area contributed by atoms with Gasteiger partial charge in [-0.25, -0.2) is 0 Å². The Bertz CT molecular complexity index is 2540.